The molecule has 30 heavy (non-hydrogen) atoms. The smallest absolute Gasteiger partial charge is 0.159 e. The lowest BCUT2D eigenvalue weighted by molar-refractivity contribution is 0.148. The second-order valence-electron chi connectivity index (χ2n) is 8.18. The summed E-state index contributed by atoms with van der Waals surface area (Å²) in [6, 6.07) is 10.6. The summed E-state index contributed by atoms with van der Waals surface area (Å²) >= 11 is 0. The van der Waals surface area contributed by atoms with Crippen molar-refractivity contribution in [2.24, 2.45) is 0 Å². The highest BCUT2D eigenvalue weighted by atomic mass is 16.5. The quantitative estimate of drug-likeness (QED) is 0.679. The highest BCUT2D eigenvalue weighted by Crippen LogP contribution is 2.29. The summed E-state index contributed by atoms with van der Waals surface area (Å²) in [5, 5.41) is 10.1. The molecule has 4 rings (SSSR count). The summed E-state index contributed by atoms with van der Waals surface area (Å²) in [6.45, 7) is 9.77. The van der Waals surface area contributed by atoms with Crippen molar-refractivity contribution in [2.45, 2.75) is 20.4 Å². The van der Waals surface area contributed by atoms with Gasteiger partial charge in [-0.25, -0.2) is 9.97 Å². The topological polar surface area (TPSA) is 61.7 Å². The van der Waals surface area contributed by atoms with Crippen molar-refractivity contribution >= 4 is 10.9 Å². The van der Waals surface area contributed by atoms with Gasteiger partial charge in [-0.3, -0.25) is 4.90 Å². The SMILES string of the molecule is Cc1cc(-c2ncc3cc(CN4CCN(C)CC4)ccc3n2)cc(C)c1OCCO. The summed E-state index contributed by atoms with van der Waals surface area (Å²) in [6.07, 6.45) is 1.92. The molecule has 1 saturated heterocycles. The number of nitrogens with zero attached hydrogens (tertiary/aromatic N) is 4. The average molecular weight is 407 g/mol. The molecule has 0 atom stereocenters. The van der Waals surface area contributed by atoms with Crippen LogP contribution in [-0.4, -0.2) is 71.3 Å². The number of hydrogen-bond acceptors (Lipinski definition) is 6. The Morgan fingerprint density at radius 1 is 1.03 bits per heavy atom. The lowest BCUT2D eigenvalue weighted by Crippen LogP contribution is -2.43. The van der Waals surface area contributed by atoms with E-state index in [4.69, 9.17) is 14.8 Å². The van der Waals surface area contributed by atoms with Gasteiger partial charge < -0.3 is 14.7 Å². The molecular weight excluding hydrogens is 376 g/mol. The largest absolute Gasteiger partial charge is 0.491 e. The Bertz CT molecular complexity index is 1010. The number of aromatic nitrogens is 2. The Labute approximate surface area is 178 Å². The zero-order valence-corrected chi connectivity index (χ0v) is 18.1. The molecule has 0 spiro atoms. The molecule has 1 aliphatic rings. The van der Waals surface area contributed by atoms with Gasteiger partial charge in [-0.15, -0.1) is 0 Å². The van der Waals surface area contributed by atoms with E-state index in [1.54, 1.807) is 0 Å². The van der Waals surface area contributed by atoms with E-state index >= 15 is 0 Å². The van der Waals surface area contributed by atoms with E-state index < -0.39 is 0 Å². The number of ether oxygens (including phenoxy) is 1. The Hall–Kier alpha value is -2.54. The molecule has 3 aromatic rings. The molecule has 0 unspecified atom stereocenters. The number of hydrogen-bond donors (Lipinski definition) is 1. The summed E-state index contributed by atoms with van der Waals surface area (Å²) in [5.74, 6) is 1.54. The van der Waals surface area contributed by atoms with Gasteiger partial charge in [0.25, 0.3) is 0 Å². The van der Waals surface area contributed by atoms with Gasteiger partial charge in [0.15, 0.2) is 5.82 Å². The van der Waals surface area contributed by atoms with Crippen molar-refractivity contribution in [2.75, 3.05) is 46.4 Å². The number of fused-ring (bicyclic) bond motifs is 1. The molecule has 2 aromatic carbocycles. The monoisotopic (exact) mass is 406 g/mol. The molecule has 158 valence electrons. The maximum absolute atomic E-state index is 9.01. The van der Waals surface area contributed by atoms with Gasteiger partial charge in [0, 0.05) is 49.9 Å². The third-order valence-electron chi connectivity index (χ3n) is 5.70. The van der Waals surface area contributed by atoms with Gasteiger partial charge in [-0.2, -0.15) is 0 Å². The summed E-state index contributed by atoms with van der Waals surface area (Å²) in [4.78, 5) is 14.3. The Balaban J connectivity index is 1.55. The number of aliphatic hydroxyl groups is 1. The van der Waals surface area contributed by atoms with Crippen LogP contribution in [0.3, 0.4) is 0 Å². The minimum Gasteiger partial charge on any atom is -0.491 e. The molecule has 0 radical (unpaired) electrons. The van der Waals surface area contributed by atoms with Crippen LogP contribution in [0.2, 0.25) is 0 Å². The molecule has 0 bridgehead atoms. The van der Waals surface area contributed by atoms with Crippen LogP contribution in [0.25, 0.3) is 22.3 Å². The molecule has 0 aliphatic carbocycles. The maximum Gasteiger partial charge on any atom is 0.159 e. The van der Waals surface area contributed by atoms with Gasteiger partial charge in [0.05, 0.1) is 12.1 Å². The Kier molecular flexibility index (Phi) is 6.27. The van der Waals surface area contributed by atoms with Crippen LogP contribution < -0.4 is 4.74 Å². The van der Waals surface area contributed by atoms with Crippen molar-refractivity contribution in [1.82, 2.24) is 19.8 Å². The molecule has 6 nitrogen and oxygen atoms in total. The minimum atomic E-state index is 0.00517. The number of rotatable bonds is 6. The van der Waals surface area contributed by atoms with Gasteiger partial charge in [-0.05, 0) is 61.9 Å². The number of aliphatic hydroxyl groups excluding tert-OH is 1. The summed E-state index contributed by atoms with van der Waals surface area (Å²) in [7, 11) is 2.18. The first-order valence-corrected chi connectivity index (χ1v) is 10.6. The van der Waals surface area contributed by atoms with Crippen molar-refractivity contribution in [3.8, 4) is 17.1 Å². The van der Waals surface area contributed by atoms with Gasteiger partial charge >= 0.3 is 0 Å². The van der Waals surface area contributed by atoms with Crippen molar-refractivity contribution in [1.29, 1.82) is 0 Å². The molecule has 6 heteroatoms. The Morgan fingerprint density at radius 2 is 1.77 bits per heavy atom. The van der Waals surface area contributed by atoms with E-state index in [9.17, 15) is 0 Å². The minimum absolute atomic E-state index is 0.00517. The van der Waals surface area contributed by atoms with Crippen LogP contribution in [0.15, 0.2) is 36.5 Å². The molecule has 1 aliphatic heterocycles. The fourth-order valence-electron chi connectivity index (χ4n) is 4.04. The second-order valence-corrected chi connectivity index (χ2v) is 8.18. The number of aryl methyl sites for hydroxylation is 2. The summed E-state index contributed by atoms with van der Waals surface area (Å²) < 4.78 is 5.66. The lowest BCUT2D eigenvalue weighted by Gasteiger charge is -2.32. The van der Waals surface area contributed by atoms with Crippen LogP contribution in [0, 0.1) is 13.8 Å². The van der Waals surface area contributed by atoms with E-state index in [0.29, 0.717) is 12.4 Å². The van der Waals surface area contributed by atoms with Gasteiger partial charge in [0.1, 0.15) is 12.4 Å². The standard InChI is InChI=1S/C24H30N4O2/c1-17-12-20(13-18(2)23(17)30-11-10-29)24-25-15-21-14-19(4-5-22(21)26-24)16-28-8-6-27(3)7-9-28/h4-5,12-15,29H,6-11,16H2,1-3H3. The molecular formula is C24H30N4O2. The van der Waals surface area contributed by atoms with Crippen LogP contribution in [0.5, 0.6) is 5.75 Å². The third kappa shape index (κ3) is 4.61. The average Bonchev–Trinajstić information content (AvgIpc) is 2.74. The predicted octanol–water partition coefficient (Wildman–Crippen LogP) is 3.03. The number of piperazine rings is 1. The lowest BCUT2D eigenvalue weighted by atomic mass is 10.0. The second kappa shape index (κ2) is 9.08. The predicted molar refractivity (Wildman–Crippen MR) is 120 cm³/mol. The van der Waals surface area contributed by atoms with E-state index in [1.807, 2.05) is 32.2 Å². The fourth-order valence-corrected chi connectivity index (χ4v) is 4.04. The normalized spacial score (nSPS) is 15.6. The zero-order chi connectivity index (χ0) is 21.1. The first kappa shape index (κ1) is 20.7. The van der Waals surface area contributed by atoms with Crippen LogP contribution in [0.4, 0.5) is 0 Å². The van der Waals surface area contributed by atoms with E-state index in [-0.39, 0.29) is 6.61 Å². The molecule has 1 fully saturated rings. The van der Waals surface area contributed by atoms with Crippen molar-refractivity contribution in [3.63, 3.8) is 0 Å². The molecule has 1 N–H and O–H groups in total. The van der Waals surface area contributed by atoms with Crippen LogP contribution in [-0.2, 0) is 6.54 Å². The molecule has 0 saturated carbocycles. The molecule has 1 aromatic heterocycles. The van der Waals surface area contributed by atoms with Crippen LogP contribution in [0.1, 0.15) is 16.7 Å². The maximum atomic E-state index is 9.01. The van der Waals surface area contributed by atoms with Gasteiger partial charge in [0.2, 0.25) is 0 Å². The first-order chi connectivity index (χ1) is 14.5. The van der Waals surface area contributed by atoms with Crippen molar-refractivity contribution in [3.05, 3.63) is 53.2 Å². The number of likely N-dealkylation sites (N-methyl/N-ethyl adjacent to an activating group) is 1. The molecule has 0 amide bonds. The zero-order valence-electron chi connectivity index (χ0n) is 18.1. The number of benzene rings is 2. The van der Waals surface area contributed by atoms with Gasteiger partial charge in [-0.1, -0.05) is 6.07 Å². The van der Waals surface area contributed by atoms with E-state index in [1.165, 1.54) is 5.56 Å². The highest BCUT2D eigenvalue weighted by molar-refractivity contribution is 5.80. The van der Waals surface area contributed by atoms with Crippen molar-refractivity contribution < 1.29 is 9.84 Å². The fraction of sp³-hybridized carbons (Fsp3) is 0.417. The van der Waals surface area contributed by atoms with E-state index in [0.717, 1.165) is 66.1 Å². The highest BCUT2D eigenvalue weighted by Gasteiger charge is 2.14. The Morgan fingerprint density at radius 3 is 2.47 bits per heavy atom. The van der Waals surface area contributed by atoms with Crippen LogP contribution >= 0.6 is 0 Å². The third-order valence-corrected chi connectivity index (χ3v) is 5.70. The summed E-state index contributed by atoms with van der Waals surface area (Å²) in [5.41, 5.74) is 5.28. The van der Waals surface area contributed by atoms with E-state index in [2.05, 4.69) is 40.0 Å². The first-order valence-electron chi connectivity index (χ1n) is 10.6. The molecule has 2 heterocycles.